The Labute approximate surface area is 209 Å². The summed E-state index contributed by atoms with van der Waals surface area (Å²) in [6, 6.07) is 52.9. The number of benzene rings is 5. The minimum absolute atomic E-state index is 0.960. The van der Waals surface area contributed by atoms with Gasteiger partial charge in [-0.15, -0.1) is 0 Å². The Kier molecular flexibility index (Phi) is 6.74. The largest absolute Gasteiger partial charge is 0.153 e. The van der Waals surface area contributed by atoms with Gasteiger partial charge in [0.2, 0.25) is 0 Å². The van der Waals surface area contributed by atoms with E-state index in [-0.39, 0.29) is 0 Å². The number of hydrogen-bond donors (Lipinski definition) is 0. The minimum atomic E-state index is -2.48. The normalized spacial score (nSPS) is 11.8. The molecule has 166 valence electrons. The molecular weight excluding hydrogens is 463 g/mol. The smallest absolute Gasteiger partial charge is 0.0879 e. The van der Waals surface area contributed by atoms with Crippen LogP contribution in [0.5, 0.6) is 0 Å². The van der Waals surface area contributed by atoms with Gasteiger partial charge in [-0.2, -0.15) is 0 Å². The lowest BCUT2D eigenvalue weighted by molar-refractivity contribution is 1.64. The van der Waals surface area contributed by atoms with E-state index in [4.69, 9.17) is 11.8 Å². The Morgan fingerprint density at radius 3 is 0.971 bits per heavy atom. The first-order valence-electron chi connectivity index (χ1n) is 11.6. The van der Waals surface area contributed by atoms with Crippen molar-refractivity contribution in [1.82, 2.24) is 0 Å². The molecule has 0 radical (unpaired) electrons. The van der Waals surface area contributed by atoms with E-state index < -0.39 is 14.1 Å². The molecule has 0 atom stereocenters. The Bertz CT molecular complexity index is 1230. The molecule has 3 heteroatoms. The number of hydrogen-bond acceptors (Lipinski definition) is 1. The molecule has 0 saturated heterocycles. The van der Waals surface area contributed by atoms with Gasteiger partial charge < -0.3 is 0 Å². The summed E-state index contributed by atoms with van der Waals surface area (Å²) in [5, 5.41) is 6.81. The van der Waals surface area contributed by atoms with Crippen LogP contribution in [0, 0.1) is 0 Å². The molecule has 0 aliphatic heterocycles. The molecule has 0 N–H and O–H groups in total. The lowest BCUT2D eigenvalue weighted by Gasteiger charge is -2.39. The van der Waals surface area contributed by atoms with Crippen LogP contribution in [0.15, 0.2) is 152 Å². The third-order valence-corrected chi connectivity index (χ3v) is 18.9. The summed E-state index contributed by atoms with van der Waals surface area (Å²) in [5.74, 6) is 0.960. The minimum Gasteiger partial charge on any atom is -0.0879 e. The molecule has 0 nitrogen and oxygen atoms in total. The molecule has 0 aliphatic rings. The van der Waals surface area contributed by atoms with E-state index in [0.717, 1.165) is 5.79 Å². The van der Waals surface area contributed by atoms with Crippen LogP contribution in [0.2, 0.25) is 0 Å². The maximum Gasteiger partial charge on any atom is 0.153 e. The van der Waals surface area contributed by atoms with E-state index in [0.29, 0.717) is 0 Å². The van der Waals surface area contributed by atoms with E-state index in [1.165, 1.54) is 26.2 Å². The summed E-state index contributed by atoms with van der Waals surface area (Å²) in [7, 11) is -2.48. The van der Waals surface area contributed by atoms with E-state index in [1.54, 1.807) is 0 Å². The fourth-order valence-electron chi connectivity index (χ4n) is 4.95. The molecule has 0 amide bonds. The summed E-state index contributed by atoms with van der Waals surface area (Å²) in [4.78, 5) is 0. The van der Waals surface area contributed by atoms with Gasteiger partial charge in [0.25, 0.3) is 0 Å². The van der Waals surface area contributed by atoms with Gasteiger partial charge >= 0.3 is 0 Å². The summed E-state index contributed by atoms with van der Waals surface area (Å²) in [6.45, 7) is 0. The predicted octanol–water partition coefficient (Wildman–Crippen LogP) is 4.83. The van der Waals surface area contributed by atoms with Crippen molar-refractivity contribution in [3.63, 3.8) is 0 Å². The van der Waals surface area contributed by atoms with Gasteiger partial charge in [0.05, 0.1) is 0 Å². The summed E-state index contributed by atoms with van der Waals surface area (Å²) >= 11 is 6.83. The third-order valence-electron chi connectivity index (χ3n) is 6.61. The lowest BCUT2D eigenvalue weighted by atomic mass is 10.3. The summed E-state index contributed by atoms with van der Waals surface area (Å²) < 4.78 is 0. The second-order valence-electron chi connectivity index (χ2n) is 8.57. The van der Waals surface area contributed by atoms with E-state index in [9.17, 15) is 0 Å². The van der Waals surface area contributed by atoms with Gasteiger partial charge in [0, 0.05) is 6.04 Å². The first-order chi connectivity index (χ1) is 16.7. The van der Waals surface area contributed by atoms with Crippen LogP contribution >= 0.6 is 6.04 Å². The van der Waals surface area contributed by atoms with Crippen LogP contribution in [0.1, 0.15) is 0 Å². The van der Waals surface area contributed by atoms with Crippen molar-refractivity contribution in [2.24, 2.45) is 0 Å². The Hall–Kier alpha value is -3.03. The Morgan fingerprint density at radius 2 is 0.676 bits per heavy atom. The Morgan fingerprint density at radius 1 is 0.412 bits per heavy atom. The molecule has 0 heterocycles. The third kappa shape index (κ3) is 4.26. The Balaban J connectivity index is 1.84. The molecule has 0 saturated carbocycles. The molecule has 0 fully saturated rings. The van der Waals surface area contributed by atoms with Crippen molar-refractivity contribution in [2.45, 2.75) is 0 Å². The molecule has 5 aromatic carbocycles. The molecule has 5 aromatic rings. The van der Waals surface area contributed by atoms with Crippen LogP contribution < -0.4 is 26.2 Å². The van der Waals surface area contributed by atoms with Gasteiger partial charge in [-0.1, -0.05) is 163 Å². The number of rotatable bonds is 7. The van der Waals surface area contributed by atoms with Gasteiger partial charge in [0.15, 0.2) is 8.07 Å². The van der Waals surface area contributed by atoms with Crippen LogP contribution in [0.3, 0.4) is 0 Å². The molecule has 0 aromatic heterocycles. The molecule has 0 bridgehead atoms. The van der Waals surface area contributed by atoms with Gasteiger partial charge in [0.1, 0.15) is 0 Å². The van der Waals surface area contributed by atoms with Crippen LogP contribution in [0.4, 0.5) is 0 Å². The topological polar surface area (TPSA) is 0 Å². The fourth-order valence-corrected chi connectivity index (χ4v) is 18.6. The van der Waals surface area contributed by atoms with Crippen LogP contribution in [0.25, 0.3) is 0 Å². The highest BCUT2D eigenvalue weighted by Gasteiger charge is 2.44. The van der Waals surface area contributed by atoms with Crippen molar-refractivity contribution in [1.29, 1.82) is 0 Å². The average Bonchev–Trinajstić information content (AvgIpc) is 2.94. The second-order valence-corrected chi connectivity index (χ2v) is 17.8. The van der Waals surface area contributed by atoms with Crippen molar-refractivity contribution in [3.05, 3.63) is 152 Å². The van der Waals surface area contributed by atoms with Crippen molar-refractivity contribution < 1.29 is 0 Å². The molecule has 34 heavy (non-hydrogen) atoms. The zero-order chi connectivity index (χ0) is 23.3. The first kappa shape index (κ1) is 22.7. The quantitative estimate of drug-likeness (QED) is 0.179. The zero-order valence-electron chi connectivity index (χ0n) is 19.0. The van der Waals surface area contributed by atoms with E-state index >= 15 is 0 Å². The molecule has 0 aliphatic carbocycles. The highest BCUT2D eigenvalue weighted by atomic mass is 32.4. The van der Waals surface area contributed by atoms with Crippen LogP contribution in [-0.2, 0) is 11.8 Å². The molecule has 0 spiro atoms. The fraction of sp³-hybridized carbons (Fsp3) is 0.0323. The maximum absolute atomic E-state index is 6.83. The van der Waals surface area contributed by atoms with Gasteiger partial charge in [-0.25, -0.2) is 0 Å². The molecule has 0 unspecified atom stereocenters. The van der Waals surface area contributed by atoms with Crippen molar-refractivity contribution in [3.8, 4) is 0 Å². The SMILES string of the molecule is S=P(C[Si](c1ccccc1)(c1ccccc1)c1ccccc1)(c1ccccc1)c1ccccc1. The predicted molar refractivity (Wildman–Crippen MR) is 155 cm³/mol. The van der Waals surface area contributed by atoms with Crippen LogP contribution in [-0.4, -0.2) is 13.9 Å². The first-order valence-corrected chi connectivity index (χ1v) is 16.8. The zero-order valence-corrected chi connectivity index (χ0v) is 21.7. The maximum atomic E-state index is 6.83. The summed E-state index contributed by atoms with van der Waals surface area (Å²) in [5.41, 5.74) is 0. The van der Waals surface area contributed by atoms with Crippen molar-refractivity contribution >= 4 is 52.1 Å². The van der Waals surface area contributed by atoms with E-state index in [2.05, 4.69) is 152 Å². The molecular formula is C31H27PSSi. The highest BCUT2D eigenvalue weighted by molar-refractivity contribution is 8.22. The second kappa shape index (κ2) is 10.1. The average molecular weight is 491 g/mol. The molecule has 5 rings (SSSR count). The van der Waals surface area contributed by atoms with E-state index in [1.807, 2.05) is 0 Å². The standard InChI is InChI=1S/C31H27PSSi/c33-32(27-16-6-1-7-17-27,28-18-8-2-9-19-28)26-34(29-20-10-3-11-21-29,30-22-12-4-13-23-30)31-24-14-5-15-25-31/h1-25H,26H2. The lowest BCUT2D eigenvalue weighted by Crippen LogP contribution is -2.70. The monoisotopic (exact) mass is 490 g/mol. The van der Waals surface area contributed by atoms with Crippen molar-refractivity contribution in [2.75, 3.05) is 5.79 Å². The van der Waals surface area contributed by atoms with Gasteiger partial charge in [-0.3, -0.25) is 0 Å². The van der Waals surface area contributed by atoms with Gasteiger partial charge in [-0.05, 0) is 32.0 Å². The highest BCUT2D eigenvalue weighted by Crippen LogP contribution is 2.45. The summed E-state index contributed by atoms with van der Waals surface area (Å²) in [6.07, 6.45) is 0.